The van der Waals surface area contributed by atoms with Crippen LogP contribution in [-0.4, -0.2) is 27.8 Å². The van der Waals surface area contributed by atoms with Crippen molar-refractivity contribution in [2.75, 3.05) is 6.61 Å². The van der Waals surface area contributed by atoms with Crippen molar-refractivity contribution in [1.82, 2.24) is 15.5 Å². The Kier molecular flexibility index (Phi) is 5.14. The van der Waals surface area contributed by atoms with Crippen molar-refractivity contribution in [3.05, 3.63) is 89.1 Å². The number of H-pyrrole nitrogens is 1. The molecule has 0 saturated carbocycles. The van der Waals surface area contributed by atoms with E-state index in [4.69, 9.17) is 0 Å². The fourth-order valence-electron chi connectivity index (χ4n) is 3.52. The number of hydrogen-bond donors (Lipinski definition) is 3. The number of aliphatic hydroxyl groups excluding tert-OH is 1. The van der Waals surface area contributed by atoms with Gasteiger partial charge >= 0.3 is 0 Å². The number of carbonyl (C=O) groups excluding carboxylic acids is 1. The molecule has 1 amide bonds. The summed E-state index contributed by atoms with van der Waals surface area (Å²) in [6, 6.07) is 20.9. The van der Waals surface area contributed by atoms with Crippen LogP contribution in [-0.2, 0) is 0 Å². The molecule has 3 aromatic carbocycles. The molecule has 0 aliphatic rings. The second-order valence-corrected chi connectivity index (χ2v) is 7.28. The highest BCUT2D eigenvalue weighted by atomic mass is 16.3. The molecule has 0 spiro atoms. The monoisotopic (exact) mass is 385 g/mol. The Labute approximate surface area is 169 Å². The summed E-state index contributed by atoms with van der Waals surface area (Å²) in [6.45, 7) is 3.82. The van der Waals surface area contributed by atoms with Crippen LogP contribution in [0.25, 0.3) is 22.0 Å². The van der Waals surface area contributed by atoms with Crippen LogP contribution in [0, 0.1) is 13.8 Å². The summed E-state index contributed by atoms with van der Waals surface area (Å²) in [5.74, 6) is -0.215. The van der Waals surface area contributed by atoms with Gasteiger partial charge < -0.3 is 10.4 Å². The average Bonchev–Trinajstić information content (AvgIpc) is 3.12. The molecule has 3 N–H and O–H groups in total. The maximum absolute atomic E-state index is 12.8. The molecular formula is C24H23N3O2. The largest absolute Gasteiger partial charge is 0.394 e. The minimum absolute atomic E-state index is 0.161. The number of aryl methyl sites for hydroxylation is 2. The molecule has 0 aliphatic carbocycles. The first-order valence-corrected chi connectivity index (χ1v) is 9.58. The molecular weight excluding hydrogens is 362 g/mol. The number of aromatic nitrogens is 2. The molecule has 4 aromatic rings. The normalized spacial score (nSPS) is 12.1. The maximum atomic E-state index is 12.8. The van der Waals surface area contributed by atoms with Gasteiger partial charge in [0.2, 0.25) is 0 Å². The number of carbonyl (C=O) groups is 1. The Bertz CT molecular complexity index is 1180. The molecule has 1 atom stereocenters. The molecule has 0 bridgehead atoms. The van der Waals surface area contributed by atoms with Gasteiger partial charge in [-0.15, -0.1) is 0 Å². The summed E-state index contributed by atoms with van der Waals surface area (Å²) in [4.78, 5) is 12.8. The van der Waals surface area contributed by atoms with E-state index in [1.54, 1.807) is 6.07 Å². The van der Waals surface area contributed by atoms with Gasteiger partial charge in [0.25, 0.3) is 5.91 Å². The van der Waals surface area contributed by atoms with Crippen molar-refractivity contribution in [2.45, 2.75) is 19.9 Å². The molecule has 0 radical (unpaired) electrons. The molecule has 1 heterocycles. The van der Waals surface area contributed by atoms with E-state index in [1.165, 1.54) is 0 Å². The molecule has 1 unspecified atom stereocenters. The highest BCUT2D eigenvalue weighted by Gasteiger charge is 2.16. The number of hydrogen-bond acceptors (Lipinski definition) is 3. The van der Waals surface area contributed by atoms with Crippen molar-refractivity contribution in [2.24, 2.45) is 0 Å². The van der Waals surface area contributed by atoms with Crippen LogP contribution in [0.3, 0.4) is 0 Å². The van der Waals surface area contributed by atoms with Crippen LogP contribution in [0.2, 0.25) is 0 Å². The number of aliphatic hydroxyl groups is 1. The summed E-state index contributed by atoms with van der Waals surface area (Å²) in [5, 5.41) is 21.0. The lowest BCUT2D eigenvalue weighted by Crippen LogP contribution is -2.30. The van der Waals surface area contributed by atoms with Crippen LogP contribution >= 0.6 is 0 Å². The third-order valence-corrected chi connectivity index (χ3v) is 5.14. The van der Waals surface area contributed by atoms with Gasteiger partial charge in [-0.3, -0.25) is 9.89 Å². The molecule has 0 saturated heterocycles. The van der Waals surface area contributed by atoms with E-state index < -0.39 is 6.04 Å². The SMILES string of the molecule is Cc1cccc(C(CO)NC(=O)c2cccc(-c3ccc4n[nH]c(C)c4c3)c2)c1. The van der Waals surface area contributed by atoms with Crippen molar-refractivity contribution in [3.8, 4) is 11.1 Å². The first-order valence-electron chi connectivity index (χ1n) is 9.58. The fraction of sp³-hybridized carbons (Fsp3) is 0.167. The van der Waals surface area contributed by atoms with Crippen LogP contribution in [0.1, 0.15) is 33.2 Å². The van der Waals surface area contributed by atoms with Gasteiger partial charge in [0, 0.05) is 16.6 Å². The minimum atomic E-state index is -0.448. The summed E-state index contributed by atoms with van der Waals surface area (Å²) < 4.78 is 0. The lowest BCUT2D eigenvalue weighted by molar-refractivity contribution is 0.0916. The lowest BCUT2D eigenvalue weighted by Gasteiger charge is -2.17. The van der Waals surface area contributed by atoms with Gasteiger partial charge in [0.15, 0.2) is 0 Å². The average molecular weight is 385 g/mol. The van der Waals surface area contributed by atoms with E-state index in [9.17, 15) is 9.90 Å². The zero-order valence-electron chi connectivity index (χ0n) is 16.4. The molecule has 0 aliphatic heterocycles. The van der Waals surface area contributed by atoms with E-state index in [0.717, 1.165) is 38.9 Å². The van der Waals surface area contributed by atoms with Crippen LogP contribution < -0.4 is 5.32 Å². The van der Waals surface area contributed by atoms with Crippen molar-refractivity contribution in [3.63, 3.8) is 0 Å². The summed E-state index contributed by atoms with van der Waals surface area (Å²) in [7, 11) is 0. The number of aromatic amines is 1. The number of amides is 1. The van der Waals surface area contributed by atoms with Gasteiger partial charge in [-0.1, -0.05) is 48.0 Å². The van der Waals surface area contributed by atoms with Crippen LogP contribution in [0.5, 0.6) is 0 Å². The molecule has 4 rings (SSSR count). The Hall–Kier alpha value is -3.44. The van der Waals surface area contributed by atoms with E-state index in [2.05, 4.69) is 21.6 Å². The van der Waals surface area contributed by atoms with Gasteiger partial charge in [-0.25, -0.2) is 0 Å². The van der Waals surface area contributed by atoms with E-state index in [-0.39, 0.29) is 12.5 Å². The van der Waals surface area contributed by atoms with E-state index in [1.807, 2.05) is 68.4 Å². The van der Waals surface area contributed by atoms with Crippen molar-refractivity contribution in [1.29, 1.82) is 0 Å². The Morgan fingerprint density at radius 2 is 1.83 bits per heavy atom. The first-order chi connectivity index (χ1) is 14.0. The van der Waals surface area contributed by atoms with Crippen molar-refractivity contribution < 1.29 is 9.90 Å². The Morgan fingerprint density at radius 3 is 2.62 bits per heavy atom. The number of rotatable bonds is 5. The summed E-state index contributed by atoms with van der Waals surface area (Å²) in [5.41, 5.74) is 6.44. The number of nitrogens with one attached hydrogen (secondary N) is 2. The van der Waals surface area contributed by atoms with Gasteiger partial charge in [-0.05, 0) is 54.8 Å². The first kappa shape index (κ1) is 18.9. The highest BCUT2D eigenvalue weighted by Crippen LogP contribution is 2.26. The zero-order chi connectivity index (χ0) is 20.4. The Morgan fingerprint density at radius 1 is 1.03 bits per heavy atom. The molecule has 5 nitrogen and oxygen atoms in total. The van der Waals surface area contributed by atoms with Gasteiger partial charge in [0.1, 0.15) is 0 Å². The van der Waals surface area contributed by atoms with E-state index in [0.29, 0.717) is 5.56 Å². The maximum Gasteiger partial charge on any atom is 0.251 e. The lowest BCUT2D eigenvalue weighted by atomic mass is 10.0. The summed E-state index contributed by atoms with van der Waals surface area (Å²) >= 11 is 0. The third kappa shape index (κ3) is 3.91. The van der Waals surface area contributed by atoms with Crippen LogP contribution in [0.15, 0.2) is 66.7 Å². The second kappa shape index (κ2) is 7.89. The molecule has 5 heteroatoms. The zero-order valence-corrected chi connectivity index (χ0v) is 16.4. The molecule has 146 valence electrons. The molecule has 0 fully saturated rings. The molecule has 1 aromatic heterocycles. The topological polar surface area (TPSA) is 78.0 Å². The molecule has 29 heavy (non-hydrogen) atoms. The number of benzene rings is 3. The minimum Gasteiger partial charge on any atom is -0.394 e. The quantitative estimate of drug-likeness (QED) is 0.479. The third-order valence-electron chi connectivity index (χ3n) is 5.14. The van der Waals surface area contributed by atoms with Crippen LogP contribution in [0.4, 0.5) is 0 Å². The fourth-order valence-corrected chi connectivity index (χ4v) is 3.52. The Balaban J connectivity index is 1.60. The number of fused-ring (bicyclic) bond motifs is 1. The standard InChI is InChI=1S/C24H23N3O2/c1-15-5-3-7-19(11-15)23(14-28)25-24(29)20-8-4-6-17(12-20)18-9-10-22-21(13-18)16(2)26-27-22/h3-13,23,28H,14H2,1-2H3,(H,25,29)(H,26,27). The number of nitrogens with zero attached hydrogens (tertiary/aromatic N) is 1. The second-order valence-electron chi connectivity index (χ2n) is 7.28. The van der Waals surface area contributed by atoms with E-state index >= 15 is 0 Å². The predicted molar refractivity (Wildman–Crippen MR) is 115 cm³/mol. The predicted octanol–water partition coefficient (Wildman–Crippen LogP) is 4.31. The highest BCUT2D eigenvalue weighted by molar-refractivity contribution is 5.96. The van der Waals surface area contributed by atoms with Crippen molar-refractivity contribution >= 4 is 16.8 Å². The summed E-state index contributed by atoms with van der Waals surface area (Å²) in [6.07, 6.45) is 0. The van der Waals surface area contributed by atoms with Gasteiger partial charge in [-0.2, -0.15) is 5.10 Å². The van der Waals surface area contributed by atoms with Gasteiger partial charge in [0.05, 0.1) is 18.2 Å². The smallest absolute Gasteiger partial charge is 0.251 e.